The predicted molar refractivity (Wildman–Crippen MR) is 109 cm³/mol. The Kier molecular flexibility index (Phi) is 6.27. The van der Waals surface area contributed by atoms with E-state index in [0.29, 0.717) is 36.6 Å². The number of hydrogen-bond donors (Lipinski definition) is 3. The molecule has 0 radical (unpaired) electrons. The summed E-state index contributed by atoms with van der Waals surface area (Å²) in [6.07, 6.45) is 2.27. The first-order valence-corrected chi connectivity index (χ1v) is 10.8. The fourth-order valence-corrected chi connectivity index (χ4v) is 3.80. The first-order chi connectivity index (χ1) is 14.1. The summed E-state index contributed by atoms with van der Waals surface area (Å²) in [6.45, 7) is 7.78. The molecular weight excluding hydrogens is 390 g/mol. The first kappa shape index (κ1) is 20.1. The zero-order valence-electron chi connectivity index (χ0n) is 16.8. The second kappa shape index (κ2) is 9.06. The Bertz CT molecular complexity index is 882. The monoisotopic (exact) mass is 419 g/mol. The van der Waals surface area contributed by atoms with Gasteiger partial charge in [0.15, 0.2) is 13.2 Å². The van der Waals surface area contributed by atoms with Gasteiger partial charge in [0.2, 0.25) is 5.89 Å². The Morgan fingerprint density at radius 2 is 1.93 bits per heavy atom. The fourth-order valence-electron chi connectivity index (χ4n) is 3.62. The zero-order chi connectivity index (χ0) is 20.2. The van der Waals surface area contributed by atoms with E-state index in [0.717, 1.165) is 50.3 Å². The Labute approximate surface area is 175 Å². The molecule has 9 heteroatoms. The van der Waals surface area contributed by atoms with Crippen LogP contribution < -0.4 is 19.9 Å². The van der Waals surface area contributed by atoms with E-state index in [1.54, 1.807) is 4.68 Å². The third kappa shape index (κ3) is 5.43. The van der Waals surface area contributed by atoms with Crippen molar-refractivity contribution in [3.63, 3.8) is 0 Å². The number of amides is 1. The van der Waals surface area contributed by atoms with E-state index in [9.17, 15) is 4.79 Å². The molecule has 1 saturated carbocycles. The number of carbonyl (C=O) groups is 1. The van der Waals surface area contributed by atoms with Gasteiger partial charge in [-0.1, -0.05) is 0 Å². The highest BCUT2D eigenvalue weighted by molar-refractivity contribution is 7.71. The minimum atomic E-state index is 0.185. The van der Waals surface area contributed by atoms with Crippen molar-refractivity contribution in [2.45, 2.75) is 32.5 Å². The van der Waals surface area contributed by atoms with Gasteiger partial charge in [-0.25, -0.2) is 0 Å². The number of hydrogen-bond acceptors (Lipinski definition) is 5. The summed E-state index contributed by atoms with van der Waals surface area (Å²) in [5, 5.41) is 7.64. The van der Waals surface area contributed by atoms with Crippen molar-refractivity contribution in [3.05, 3.63) is 29.1 Å². The van der Waals surface area contributed by atoms with Crippen molar-refractivity contribution in [1.82, 2.24) is 15.1 Å². The van der Waals surface area contributed by atoms with Crippen LogP contribution in [0.5, 0.6) is 5.75 Å². The smallest absolute Gasteiger partial charge is 0.292 e. The Morgan fingerprint density at radius 1 is 1.24 bits per heavy atom. The zero-order valence-corrected chi connectivity index (χ0v) is 17.6. The molecule has 1 amide bonds. The van der Waals surface area contributed by atoms with Gasteiger partial charge < -0.3 is 24.3 Å². The summed E-state index contributed by atoms with van der Waals surface area (Å²) < 4.78 is 13.0. The molecule has 1 aliphatic carbocycles. The largest absolute Gasteiger partial charge is 0.494 e. The predicted octanol–water partition coefficient (Wildman–Crippen LogP) is -0.709. The van der Waals surface area contributed by atoms with E-state index < -0.39 is 0 Å². The van der Waals surface area contributed by atoms with Gasteiger partial charge in [0, 0.05) is 11.6 Å². The number of rotatable bonds is 8. The van der Waals surface area contributed by atoms with Crippen LogP contribution in [0.1, 0.15) is 19.8 Å². The molecule has 0 atom stereocenters. The van der Waals surface area contributed by atoms with Crippen molar-refractivity contribution in [2.75, 3.05) is 39.3 Å². The van der Waals surface area contributed by atoms with Gasteiger partial charge in [-0.3, -0.25) is 4.79 Å². The van der Waals surface area contributed by atoms with Gasteiger partial charge in [-0.05, 0) is 56.2 Å². The van der Waals surface area contributed by atoms with Crippen LogP contribution in [0.3, 0.4) is 0 Å². The maximum absolute atomic E-state index is 12.0. The van der Waals surface area contributed by atoms with E-state index in [2.05, 4.69) is 10.4 Å². The van der Waals surface area contributed by atoms with Crippen LogP contribution in [0.2, 0.25) is 0 Å². The standard InChI is InChI=1S/C20H27N5O3S/c1-2-27-17-7-3-15(4-8-17)19-22-25(20(29)28-19)14-24-11-9-23(10-12-24)13-18(26)21-16-5-6-16/h3-4,7-8,16H,2,5-6,9-14H2,1H3,(H,21,26)/p+2. The summed E-state index contributed by atoms with van der Waals surface area (Å²) in [6, 6.07) is 8.11. The molecule has 2 aliphatic rings. The van der Waals surface area contributed by atoms with Gasteiger partial charge in [0.05, 0.1) is 6.61 Å². The minimum Gasteiger partial charge on any atom is -0.494 e. The summed E-state index contributed by atoms with van der Waals surface area (Å²) >= 11 is 5.37. The number of carbonyl (C=O) groups excluding carboxylic acids is 1. The second-order valence-corrected chi connectivity index (χ2v) is 8.16. The number of quaternary nitrogens is 2. The van der Waals surface area contributed by atoms with E-state index in [1.807, 2.05) is 31.2 Å². The molecule has 8 nitrogen and oxygen atoms in total. The third-order valence-electron chi connectivity index (χ3n) is 5.41. The van der Waals surface area contributed by atoms with Crippen LogP contribution in [-0.4, -0.2) is 61.1 Å². The Balaban J connectivity index is 1.30. The molecule has 1 aromatic heterocycles. The number of nitrogens with one attached hydrogen (secondary N) is 3. The summed E-state index contributed by atoms with van der Waals surface area (Å²) in [5.41, 5.74) is 0.879. The number of ether oxygens (including phenoxy) is 1. The van der Waals surface area contributed by atoms with E-state index in [4.69, 9.17) is 21.4 Å². The van der Waals surface area contributed by atoms with Gasteiger partial charge in [0.25, 0.3) is 10.7 Å². The normalized spacial score (nSPS) is 21.7. The van der Waals surface area contributed by atoms with Crippen molar-refractivity contribution in [1.29, 1.82) is 0 Å². The number of benzene rings is 1. The number of nitrogens with zero attached hydrogens (tertiary/aromatic N) is 2. The third-order valence-corrected chi connectivity index (χ3v) is 5.70. The molecule has 1 aromatic carbocycles. The van der Waals surface area contributed by atoms with Gasteiger partial charge in [-0.2, -0.15) is 4.68 Å². The lowest BCUT2D eigenvalue weighted by molar-refractivity contribution is -1.02. The maximum Gasteiger partial charge on any atom is 0.292 e. The minimum absolute atomic E-state index is 0.185. The van der Waals surface area contributed by atoms with Crippen LogP contribution in [0.25, 0.3) is 11.5 Å². The maximum atomic E-state index is 12.0. The second-order valence-electron chi connectivity index (χ2n) is 7.81. The molecule has 3 N–H and O–H groups in total. The highest BCUT2D eigenvalue weighted by Gasteiger charge is 2.28. The van der Waals surface area contributed by atoms with E-state index >= 15 is 0 Å². The SMILES string of the molecule is CCOc1ccc(-c2nn(C[NH+]3CC[NH+](CC(=O)NC4CC4)CC3)c(=S)o2)cc1. The lowest BCUT2D eigenvalue weighted by Gasteiger charge is -2.28. The van der Waals surface area contributed by atoms with Crippen molar-refractivity contribution in [2.24, 2.45) is 0 Å². The molecule has 1 saturated heterocycles. The number of aromatic nitrogens is 2. The molecule has 0 unspecified atom stereocenters. The molecule has 4 rings (SSSR count). The highest BCUT2D eigenvalue weighted by Crippen LogP contribution is 2.21. The molecule has 156 valence electrons. The molecule has 29 heavy (non-hydrogen) atoms. The van der Waals surface area contributed by atoms with Gasteiger partial charge >= 0.3 is 0 Å². The molecular formula is C20H29N5O3S+2. The van der Waals surface area contributed by atoms with Crippen LogP contribution in [0.4, 0.5) is 0 Å². The van der Waals surface area contributed by atoms with Gasteiger partial charge in [-0.15, -0.1) is 5.10 Å². The molecule has 2 heterocycles. The highest BCUT2D eigenvalue weighted by atomic mass is 32.1. The Hall–Kier alpha value is -2.23. The van der Waals surface area contributed by atoms with Gasteiger partial charge in [0.1, 0.15) is 31.9 Å². The molecule has 0 bridgehead atoms. The molecule has 0 spiro atoms. The Morgan fingerprint density at radius 3 is 2.59 bits per heavy atom. The first-order valence-electron chi connectivity index (χ1n) is 10.4. The molecule has 1 aliphatic heterocycles. The average Bonchev–Trinajstić information content (AvgIpc) is 3.45. The van der Waals surface area contributed by atoms with Crippen LogP contribution in [0, 0.1) is 4.84 Å². The fraction of sp³-hybridized carbons (Fsp3) is 0.550. The lowest BCUT2D eigenvalue weighted by atomic mass is 10.2. The molecule has 2 fully saturated rings. The summed E-state index contributed by atoms with van der Waals surface area (Å²) in [5.74, 6) is 1.54. The van der Waals surface area contributed by atoms with Crippen molar-refractivity contribution >= 4 is 18.1 Å². The van der Waals surface area contributed by atoms with Crippen molar-refractivity contribution in [3.8, 4) is 17.2 Å². The quantitative estimate of drug-likeness (QED) is 0.493. The van der Waals surface area contributed by atoms with E-state index in [-0.39, 0.29) is 5.91 Å². The van der Waals surface area contributed by atoms with Crippen molar-refractivity contribution < 1.29 is 23.7 Å². The summed E-state index contributed by atoms with van der Waals surface area (Å²) in [4.78, 5) is 15.1. The lowest BCUT2D eigenvalue weighted by Crippen LogP contribution is -3.28. The summed E-state index contributed by atoms with van der Waals surface area (Å²) in [7, 11) is 0. The molecule has 2 aromatic rings. The number of piperazine rings is 1. The average molecular weight is 420 g/mol. The van der Waals surface area contributed by atoms with Crippen LogP contribution in [-0.2, 0) is 11.5 Å². The van der Waals surface area contributed by atoms with Crippen LogP contribution >= 0.6 is 12.2 Å². The van der Waals surface area contributed by atoms with Crippen LogP contribution in [0.15, 0.2) is 28.7 Å². The van der Waals surface area contributed by atoms with E-state index in [1.165, 1.54) is 9.80 Å². The topological polar surface area (TPSA) is 78.2 Å².